The van der Waals surface area contributed by atoms with Gasteiger partial charge in [0.25, 0.3) is 11.5 Å². The van der Waals surface area contributed by atoms with E-state index in [0.717, 1.165) is 30.5 Å². The number of hydrogen-bond donors (Lipinski definition) is 1. The Hall–Kier alpha value is -1.92. The van der Waals surface area contributed by atoms with Gasteiger partial charge in [-0.1, -0.05) is 6.07 Å². The van der Waals surface area contributed by atoms with Crippen molar-refractivity contribution in [2.24, 2.45) is 0 Å². The Balaban J connectivity index is 1.74. The molecule has 1 atom stereocenters. The highest BCUT2D eigenvalue weighted by atomic mass is 32.1. The van der Waals surface area contributed by atoms with Gasteiger partial charge >= 0.3 is 0 Å². The maximum absolute atomic E-state index is 12.2. The van der Waals surface area contributed by atoms with E-state index < -0.39 is 0 Å². The van der Waals surface area contributed by atoms with Gasteiger partial charge in [-0.05, 0) is 36.3 Å². The number of nitrogens with zero attached hydrogens (tertiary/aromatic N) is 1. The van der Waals surface area contributed by atoms with E-state index in [9.17, 15) is 9.59 Å². The van der Waals surface area contributed by atoms with Gasteiger partial charge in [-0.2, -0.15) is 11.3 Å². The molecule has 0 unspecified atom stereocenters. The first-order valence-electron chi connectivity index (χ1n) is 7.72. The summed E-state index contributed by atoms with van der Waals surface area (Å²) in [7, 11) is 1.64. The third kappa shape index (κ3) is 3.54. The average Bonchev–Trinajstić information content (AvgIpc) is 3.09. The van der Waals surface area contributed by atoms with Crippen LogP contribution in [-0.2, 0) is 24.1 Å². The summed E-state index contributed by atoms with van der Waals surface area (Å²) in [5, 5.41) is 6.85. The van der Waals surface area contributed by atoms with E-state index in [1.807, 2.05) is 22.9 Å². The minimum Gasteiger partial charge on any atom is -0.383 e. The van der Waals surface area contributed by atoms with Crippen LogP contribution in [0, 0.1) is 0 Å². The summed E-state index contributed by atoms with van der Waals surface area (Å²) in [6, 6.07) is 5.45. The number of pyridine rings is 1. The van der Waals surface area contributed by atoms with Crippen LogP contribution in [0.25, 0.3) is 0 Å². The zero-order chi connectivity index (χ0) is 16.2. The largest absolute Gasteiger partial charge is 0.383 e. The first kappa shape index (κ1) is 16.0. The van der Waals surface area contributed by atoms with Crippen LogP contribution in [0.1, 0.15) is 28.0 Å². The normalized spacial score (nSPS) is 16.8. The number of carbonyl (C=O) groups is 1. The molecule has 5 nitrogen and oxygen atoms in total. The first-order valence-corrected chi connectivity index (χ1v) is 8.67. The maximum Gasteiger partial charge on any atom is 0.252 e. The highest BCUT2D eigenvalue weighted by Crippen LogP contribution is 2.21. The minimum atomic E-state index is -0.0209. The Bertz CT molecular complexity index is 737. The van der Waals surface area contributed by atoms with Gasteiger partial charge in [-0.15, -0.1) is 0 Å². The topological polar surface area (TPSA) is 60.3 Å². The van der Waals surface area contributed by atoms with Crippen molar-refractivity contribution >= 4 is 17.2 Å². The van der Waals surface area contributed by atoms with E-state index in [1.54, 1.807) is 17.7 Å². The lowest BCUT2D eigenvalue weighted by Crippen LogP contribution is -2.40. The van der Waals surface area contributed by atoms with Crippen LogP contribution in [0.3, 0.4) is 0 Å². The minimum absolute atomic E-state index is 0.0153. The molecular formula is C17H20N2O3S. The first-order chi connectivity index (χ1) is 11.2. The van der Waals surface area contributed by atoms with Crippen molar-refractivity contribution < 1.29 is 9.53 Å². The van der Waals surface area contributed by atoms with E-state index in [2.05, 4.69) is 5.32 Å². The number of ether oxygens (including phenoxy) is 1. The summed E-state index contributed by atoms with van der Waals surface area (Å²) >= 11 is 1.52. The Labute approximate surface area is 138 Å². The zero-order valence-electron chi connectivity index (χ0n) is 13.1. The number of fused-ring (bicyclic) bond motifs is 1. The van der Waals surface area contributed by atoms with Gasteiger partial charge in [0.1, 0.15) is 0 Å². The summed E-state index contributed by atoms with van der Waals surface area (Å²) in [4.78, 5) is 24.2. The van der Waals surface area contributed by atoms with Gasteiger partial charge in [-0.3, -0.25) is 9.59 Å². The fourth-order valence-corrected chi connectivity index (χ4v) is 3.67. The summed E-state index contributed by atoms with van der Waals surface area (Å²) < 4.78 is 6.89. The number of amides is 1. The lowest BCUT2D eigenvalue weighted by molar-refractivity contribution is 0.0933. The van der Waals surface area contributed by atoms with Crippen molar-refractivity contribution in [1.29, 1.82) is 0 Å². The van der Waals surface area contributed by atoms with Gasteiger partial charge in [0.15, 0.2) is 0 Å². The summed E-state index contributed by atoms with van der Waals surface area (Å²) in [5.74, 6) is -0.0209. The van der Waals surface area contributed by atoms with Crippen molar-refractivity contribution in [3.05, 3.63) is 56.1 Å². The second-order valence-electron chi connectivity index (χ2n) is 5.71. The molecule has 1 aliphatic carbocycles. The average molecular weight is 332 g/mol. The third-order valence-electron chi connectivity index (χ3n) is 4.22. The van der Waals surface area contributed by atoms with E-state index in [1.165, 1.54) is 11.3 Å². The fraction of sp³-hybridized carbons (Fsp3) is 0.412. The van der Waals surface area contributed by atoms with Crippen molar-refractivity contribution in [1.82, 2.24) is 9.88 Å². The van der Waals surface area contributed by atoms with Crippen molar-refractivity contribution in [3.8, 4) is 0 Å². The second kappa shape index (κ2) is 7.10. The van der Waals surface area contributed by atoms with Gasteiger partial charge < -0.3 is 14.6 Å². The number of nitrogens with one attached hydrogen (secondary N) is 1. The van der Waals surface area contributed by atoms with Crippen LogP contribution >= 0.6 is 11.3 Å². The van der Waals surface area contributed by atoms with Crippen LogP contribution in [0.5, 0.6) is 0 Å². The van der Waals surface area contributed by atoms with Gasteiger partial charge in [0.05, 0.1) is 6.61 Å². The molecule has 0 aliphatic heterocycles. The molecule has 1 aliphatic rings. The molecule has 0 aromatic carbocycles. The van der Waals surface area contributed by atoms with Crippen LogP contribution in [0.2, 0.25) is 0 Å². The summed E-state index contributed by atoms with van der Waals surface area (Å²) in [6.45, 7) is 1.10. The van der Waals surface area contributed by atoms with E-state index in [4.69, 9.17) is 4.74 Å². The van der Waals surface area contributed by atoms with Crippen LogP contribution in [0.15, 0.2) is 33.8 Å². The molecule has 0 bridgehead atoms. The molecule has 0 spiro atoms. The predicted molar refractivity (Wildman–Crippen MR) is 90.2 cm³/mol. The highest BCUT2D eigenvalue weighted by molar-refractivity contribution is 7.08. The standard InChI is InChI=1S/C17H20N2O3S/c1-22-8-7-19-15-4-3-14(10-12(15)2-5-16(19)20)18-17(21)13-6-9-23-11-13/h2,5-6,9,11,14H,3-4,7-8,10H2,1H3,(H,18,21)/t14-/m1/s1. The Morgan fingerprint density at radius 2 is 2.30 bits per heavy atom. The molecular weight excluding hydrogens is 312 g/mol. The summed E-state index contributed by atoms with van der Waals surface area (Å²) in [6.07, 6.45) is 2.40. The molecule has 0 saturated heterocycles. The molecule has 1 amide bonds. The molecule has 23 heavy (non-hydrogen) atoms. The molecule has 0 radical (unpaired) electrons. The molecule has 2 aromatic rings. The Morgan fingerprint density at radius 1 is 1.43 bits per heavy atom. The number of aromatic nitrogens is 1. The van der Waals surface area contributed by atoms with Crippen molar-refractivity contribution in [3.63, 3.8) is 0 Å². The SMILES string of the molecule is COCCn1c2c(ccc1=O)C[C@H](NC(=O)c1ccsc1)CC2. The quantitative estimate of drug-likeness (QED) is 0.909. The molecule has 2 aromatic heterocycles. The zero-order valence-corrected chi connectivity index (χ0v) is 13.9. The van der Waals surface area contributed by atoms with Gasteiger partial charge in [0, 0.05) is 42.4 Å². The molecule has 122 valence electrons. The lowest BCUT2D eigenvalue weighted by Gasteiger charge is -2.27. The van der Waals surface area contributed by atoms with Crippen LogP contribution in [0.4, 0.5) is 0 Å². The van der Waals surface area contributed by atoms with Crippen molar-refractivity contribution in [2.45, 2.75) is 31.8 Å². The van der Waals surface area contributed by atoms with E-state index in [0.29, 0.717) is 18.7 Å². The van der Waals surface area contributed by atoms with E-state index in [-0.39, 0.29) is 17.5 Å². The predicted octanol–water partition coefficient (Wildman–Crippen LogP) is 1.84. The van der Waals surface area contributed by atoms with E-state index >= 15 is 0 Å². The number of hydrogen-bond acceptors (Lipinski definition) is 4. The molecule has 2 heterocycles. The molecule has 0 fully saturated rings. The molecule has 0 saturated carbocycles. The fourth-order valence-electron chi connectivity index (χ4n) is 3.04. The maximum atomic E-state index is 12.2. The smallest absolute Gasteiger partial charge is 0.252 e. The van der Waals surface area contributed by atoms with Gasteiger partial charge in [0.2, 0.25) is 0 Å². The lowest BCUT2D eigenvalue weighted by atomic mass is 9.91. The number of thiophene rings is 1. The molecule has 1 N–H and O–H groups in total. The van der Waals surface area contributed by atoms with Gasteiger partial charge in [-0.25, -0.2) is 0 Å². The molecule has 3 rings (SSSR count). The molecule has 6 heteroatoms. The van der Waals surface area contributed by atoms with Crippen LogP contribution in [-0.4, -0.2) is 30.2 Å². The van der Waals surface area contributed by atoms with Crippen LogP contribution < -0.4 is 10.9 Å². The second-order valence-corrected chi connectivity index (χ2v) is 6.49. The Kier molecular flexibility index (Phi) is 4.93. The Morgan fingerprint density at radius 3 is 3.04 bits per heavy atom. The summed E-state index contributed by atoms with van der Waals surface area (Å²) in [5.41, 5.74) is 2.95. The monoisotopic (exact) mass is 332 g/mol. The third-order valence-corrected chi connectivity index (χ3v) is 4.91. The number of carbonyl (C=O) groups excluding carboxylic acids is 1. The number of rotatable bonds is 5. The highest BCUT2D eigenvalue weighted by Gasteiger charge is 2.23. The number of methoxy groups -OCH3 is 1. The van der Waals surface area contributed by atoms with Crippen molar-refractivity contribution in [2.75, 3.05) is 13.7 Å².